The van der Waals surface area contributed by atoms with Gasteiger partial charge in [0.15, 0.2) is 11.6 Å². The number of rotatable bonds is 6. The van der Waals surface area contributed by atoms with Crippen molar-refractivity contribution in [2.24, 2.45) is 0 Å². The average Bonchev–Trinajstić information content (AvgIpc) is 2.70. The Kier molecular flexibility index (Phi) is 5.53. The predicted molar refractivity (Wildman–Crippen MR) is 103 cm³/mol. The van der Waals surface area contributed by atoms with Crippen LogP contribution in [0.4, 0.5) is 17.3 Å². The van der Waals surface area contributed by atoms with Gasteiger partial charge in [-0.15, -0.1) is 10.2 Å². The van der Waals surface area contributed by atoms with Crippen molar-refractivity contribution < 1.29 is 4.79 Å². The summed E-state index contributed by atoms with van der Waals surface area (Å²) >= 11 is 0. The summed E-state index contributed by atoms with van der Waals surface area (Å²) in [7, 11) is 0. The lowest BCUT2D eigenvalue weighted by Crippen LogP contribution is -2.13. The first-order chi connectivity index (χ1) is 12.7. The number of carbonyl (C=O) groups excluding carboxylic acids is 1. The molecule has 2 heterocycles. The molecular formula is C20H21N5O. The van der Waals surface area contributed by atoms with Crippen molar-refractivity contribution in [1.29, 1.82) is 0 Å². The minimum absolute atomic E-state index is 0.266. The van der Waals surface area contributed by atoms with Crippen LogP contribution < -0.4 is 10.6 Å². The van der Waals surface area contributed by atoms with E-state index in [9.17, 15) is 4.79 Å². The summed E-state index contributed by atoms with van der Waals surface area (Å²) in [5, 5.41) is 14.3. The Labute approximate surface area is 152 Å². The van der Waals surface area contributed by atoms with Crippen LogP contribution in [0.15, 0.2) is 54.9 Å². The monoisotopic (exact) mass is 347 g/mol. The number of pyridine rings is 1. The van der Waals surface area contributed by atoms with Gasteiger partial charge in [0.2, 0.25) is 0 Å². The van der Waals surface area contributed by atoms with Gasteiger partial charge in [-0.1, -0.05) is 32.0 Å². The van der Waals surface area contributed by atoms with E-state index in [2.05, 4.69) is 57.9 Å². The number of nitrogens with one attached hydrogen (secondary N) is 2. The minimum atomic E-state index is -0.266. The van der Waals surface area contributed by atoms with Gasteiger partial charge in [-0.3, -0.25) is 9.78 Å². The first kappa shape index (κ1) is 17.5. The molecule has 0 aliphatic rings. The lowest BCUT2D eigenvalue weighted by atomic mass is 10.0. The second-order valence-corrected chi connectivity index (χ2v) is 5.78. The minimum Gasteiger partial charge on any atom is -0.338 e. The summed E-state index contributed by atoms with van der Waals surface area (Å²) in [5.74, 6) is 0.765. The number of hydrogen-bond acceptors (Lipinski definition) is 5. The molecule has 2 aromatic heterocycles. The van der Waals surface area contributed by atoms with Crippen LogP contribution in [0.2, 0.25) is 0 Å². The van der Waals surface area contributed by atoms with Crippen LogP contribution in [0.5, 0.6) is 0 Å². The second-order valence-electron chi connectivity index (χ2n) is 5.78. The van der Waals surface area contributed by atoms with Crippen LogP contribution in [0.1, 0.15) is 35.3 Å². The third kappa shape index (κ3) is 4.03. The van der Waals surface area contributed by atoms with Crippen molar-refractivity contribution in [3.63, 3.8) is 0 Å². The summed E-state index contributed by atoms with van der Waals surface area (Å²) in [4.78, 5) is 16.1. The number of benzene rings is 1. The van der Waals surface area contributed by atoms with E-state index in [1.807, 2.05) is 0 Å². The van der Waals surface area contributed by atoms with E-state index in [0.29, 0.717) is 17.2 Å². The Hall–Kier alpha value is -3.28. The van der Waals surface area contributed by atoms with Gasteiger partial charge in [0.1, 0.15) is 0 Å². The molecule has 0 fully saturated rings. The summed E-state index contributed by atoms with van der Waals surface area (Å²) in [6, 6.07) is 13.2. The fourth-order valence-corrected chi connectivity index (χ4v) is 2.68. The molecule has 3 rings (SSSR count). The lowest BCUT2D eigenvalue weighted by Gasteiger charge is -2.14. The number of nitrogens with zero attached hydrogens (tertiary/aromatic N) is 3. The number of para-hydroxylation sites is 1. The van der Waals surface area contributed by atoms with E-state index in [0.717, 1.165) is 18.5 Å². The molecule has 0 saturated heterocycles. The number of hydrogen-bond donors (Lipinski definition) is 2. The molecule has 1 aromatic carbocycles. The molecule has 0 aliphatic heterocycles. The van der Waals surface area contributed by atoms with Gasteiger partial charge in [-0.2, -0.15) is 0 Å². The van der Waals surface area contributed by atoms with E-state index >= 15 is 0 Å². The highest BCUT2D eigenvalue weighted by Crippen LogP contribution is 2.25. The molecule has 26 heavy (non-hydrogen) atoms. The van der Waals surface area contributed by atoms with Gasteiger partial charge in [0, 0.05) is 18.1 Å². The van der Waals surface area contributed by atoms with Gasteiger partial charge >= 0.3 is 0 Å². The molecule has 0 aliphatic carbocycles. The Morgan fingerprint density at radius 2 is 1.62 bits per heavy atom. The fourth-order valence-electron chi connectivity index (χ4n) is 2.68. The largest absolute Gasteiger partial charge is 0.338 e. The molecule has 3 aromatic rings. The van der Waals surface area contributed by atoms with Crippen LogP contribution in [0.25, 0.3) is 0 Å². The van der Waals surface area contributed by atoms with E-state index in [-0.39, 0.29) is 5.91 Å². The average molecular weight is 347 g/mol. The van der Waals surface area contributed by atoms with Crippen LogP contribution in [-0.4, -0.2) is 21.1 Å². The van der Waals surface area contributed by atoms with E-state index in [1.54, 1.807) is 30.5 Å². The third-order valence-electron chi connectivity index (χ3n) is 4.08. The maximum absolute atomic E-state index is 12.1. The molecule has 0 bridgehead atoms. The molecule has 0 atom stereocenters. The maximum atomic E-state index is 12.1. The summed E-state index contributed by atoms with van der Waals surface area (Å²) in [6.07, 6.45) is 4.99. The molecular weight excluding hydrogens is 326 g/mol. The van der Waals surface area contributed by atoms with Gasteiger partial charge in [0.05, 0.1) is 5.56 Å². The first-order valence-corrected chi connectivity index (χ1v) is 8.64. The van der Waals surface area contributed by atoms with Gasteiger partial charge in [-0.05, 0) is 48.2 Å². The van der Waals surface area contributed by atoms with Crippen LogP contribution in [-0.2, 0) is 12.8 Å². The fraction of sp³-hybridized carbons (Fsp3) is 0.200. The number of amides is 1. The summed E-state index contributed by atoms with van der Waals surface area (Å²) < 4.78 is 0. The smallest absolute Gasteiger partial charge is 0.258 e. The topological polar surface area (TPSA) is 79.8 Å². The molecule has 132 valence electrons. The zero-order chi connectivity index (χ0) is 18.4. The number of anilines is 3. The Bertz CT molecular complexity index is 856. The highest BCUT2D eigenvalue weighted by Gasteiger charge is 2.09. The lowest BCUT2D eigenvalue weighted by molar-refractivity contribution is 0.102. The molecule has 6 nitrogen and oxygen atoms in total. The van der Waals surface area contributed by atoms with Crippen molar-refractivity contribution >= 4 is 23.2 Å². The quantitative estimate of drug-likeness (QED) is 0.705. The Morgan fingerprint density at radius 3 is 2.19 bits per heavy atom. The van der Waals surface area contributed by atoms with Crippen molar-refractivity contribution in [3.05, 3.63) is 71.5 Å². The van der Waals surface area contributed by atoms with Crippen molar-refractivity contribution in [2.75, 3.05) is 10.6 Å². The Morgan fingerprint density at radius 1 is 0.923 bits per heavy atom. The highest BCUT2D eigenvalue weighted by molar-refractivity contribution is 6.03. The van der Waals surface area contributed by atoms with Crippen LogP contribution in [0.3, 0.4) is 0 Å². The molecule has 0 unspecified atom stereocenters. The van der Waals surface area contributed by atoms with Crippen molar-refractivity contribution in [3.8, 4) is 0 Å². The molecule has 0 radical (unpaired) electrons. The maximum Gasteiger partial charge on any atom is 0.258 e. The Balaban J connectivity index is 1.74. The van der Waals surface area contributed by atoms with Gasteiger partial charge in [-0.25, -0.2) is 0 Å². The number of aryl methyl sites for hydroxylation is 2. The molecule has 1 amide bonds. The van der Waals surface area contributed by atoms with Crippen LogP contribution in [0, 0.1) is 0 Å². The third-order valence-corrected chi connectivity index (χ3v) is 4.08. The second kappa shape index (κ2) is 8.20. The van der Waals surface area contributed by atoms with Crippen molar-refractivity contribution in [2.45, 2.75) is 26.7 Å². The zero-order valence-corrected chi connectivity index (χ0v) is 14.9. The van der Waals surface area contributed by atoms with Crippen LogP contribution >= 0.6 is 0 Å². The SMILES string of the molecule is CCc1cccc(CC)c1Nc1ccc(NC(=O)c2cccnc2)nn1. The predicted octanol–water partition coefficient (Wildman–Crippen LogP) is 3.99. The van der Waals surface area contributed by atoms with Gasteiger partial charge in [0.25, 0.3) is 5.91 Å². The molecule has 0 saturated carbocycles. The van der Waals surface area contributed by atoms with Gasteiger partial charge < -0.3 is 10.6 Å². The number of aromatic nitrogens is 3. The first-order valence-electron chi connectivity index (χ1n) is 8.64. The van der Waals surface area contributed by atoms with Crippen molar-refractivity contribution in [1.82, 2.24) is 15.2 Å². The van der Waals surface area contributed by atoms with E-state index in [4.69, 9.17) is 0 Å². The van der Waals surface area contributed by atoms with E-state index in [1.165, 1.54) is 17.3 Å². The summed E-state index contributed by atoms with van der Waals surface area (Å²) in [5.41, 5.74) is 4.03. The molecule has 0 spiro atoms. The normalized spacial score (nSPS) is 10.4. The summed E-state index contributed by atoms with van der Waals surface area (Å²) in [6.45, 7) is 4.26. The van der Waals surface area contributed by atoms with E-state index < -0.39 is 0 Å². The highest BCUT2D eigenvalue weighted by atomic mass is 16.1. The number of carbonyl (C=O) groups is 1. The standard InChI is InChI=1S/C20H21N5O/c1-3-14-7-5-8-15(4-2)19(14)22-17-10-11-18(25-24-17)23-20(26)16-9-6-12-21-13-16/h5-13H,3-4H2,1-2H3,(H,22,24)(H,23,25,26). The molecule has 6 heteroatoms. The molecule has 2 N–H and O–H groups in total. The zero-order valence-electron chi connectivity index (χ0n) is 14.9.